The minimum atomic E-state index is -0.764. The monoisotopic (exact) mass is 729 g/mol. The van der Waals surface area contributed by atoms with Gasteiger partial charge in [-0.3, -0.25) is 19.3 Å². The van der Waals surface area contributed by atoms with Crippen LogP contribution in [0.4, 0.5) is 10.1 Å². The highest BCUT2D eigenvalue weighted by molar-refractivity contribution is 7.17. The van der Waals surface area contributed by atoms with Crippen LogP contribution in [0.2, 0.25) is 5.02 Å². The summed E-state index contributed by atoms with van der Waals surface area (Å²) in [7, 11) is 3.39. The molecule has 2 amide bonds. The van der Waals surface area contributed by atoms with E-state index in [0.29, 0.717) is 64.0 Å². The van der Waals surface area contributed by atoms with Crippen molar-refractivity contribution in [2.45, 2.75) is 81.6 Å². The number of carbonyl (C=O) groups is 3. The van der Waals surface area contributed by atoms with E-state index in [1.54, 1.807) is 19.6 Å². The Labute approximate surface area is 300 Å². The predicted molar refractivity (Wildman–Crippen MR) is 191 cm³/mol. The average molecular weight is 730 g/mol. The number of aliphatic carboxylic acids is 1. The van der Waals surface area contributed by atoms with Crippen LogP contribution in [0.1, 0.15) is 60.9 Å². The highest BCUT2D eigenvalue weighted by Crippen LogP contribution is 2.35. The highest BCUT2D eigenvalue weighted by atomic mass is 35.5. The number of carboxylic acid groups (broad SMARTS) is 1. The van der Waals surface area contributed by atoms with Crippen molar-refractivity contribution in [2.24, 2.45) is 5.92 Å². The maximum Gasteiger partial charge on any atom is 0.306 e. The molecule has 4 atom stereocenters. The zero-order chi connectivity index (χ0) is 35.4. The molecular formula is C37H45ClFN3O7S. The second kappa shape index (κ2) is 16.5. The van der Waals surface area contributed by atoms with Gasteiger partial charge in [-0.2, -0.15) is 0 Å². The fraction of sp³-hybridized carbons (Fsp3) is 0.541. The molecule has 1 unspecified atom stereocenters. The molecule has 0 spiro atoms. The number of thiophene rings is 1. The predicted octanol–water partition coefficient (Wildman–Crippen LogP) is 6.24. The number of hydrogen-bond donors (Lipinski definition) is 2. The van der Waals surface area contributed by atoms with Crippen LogP contribution in [0.15, 0.2) is 41.8 Å². The number of hydrogen-bond acceptors (Lipinski definition) is 8. The number of likely N-dealkylation sites (tertiary alicyclic amines) is 2. The molecule has 3 fully saturated rings. The van der Waals surface area contributed by atoms with Crippen molar-refractivity contribution in [1.29, 1.82) is 0 Å². The molecule has 13 heteroatoms. The Balaban J connectivity index is 1.17. The van der Waals surface area contributed by atoms with Crippen LogP contribution in [0.5, 0.6) is 0 Å². The molecule has 10 nitrogen and oxygen atoms in total. The fourth-order valence-electron chi connectivity index (χ4n) is 8.02. The number of carboxylic acids is 1. The van der Waals surface area contributed by atoms with Crippen molar-refractivity contribution in [3.8, 4) is 0 Å². The van der Waals surface area contributed by atoms with E-state index in [9.17, 15) is 19.5 Å². The number of methoxy groups -OCH3 is 2. The first-order valence-corrected chi connectivity index (χ1v) is 18.6. The van der Waals surface area contributed by atoms with Crippen LogP contribution in [0, 0.1) is 11.7 Å². The van der Waals surface area contributed by atoms with Crippen LogP contribution < -0.4 is 5.32 Å². The van der Waals surface area contributed by atoms with E-state index in [2.05, 4.69) is 10.2 Å². The number of anilines is 1. The molecule has 1 aliphatic carbocycles. The van der Waals surface area contributed by atoms with Crippen molar-refractivity contribution in [2.75, 3.05) is 45.9 Å². The van der Waals surface area contributed by atoms with Crippen LogP contribution in [-0.2, 0) is 30.2 Å². The van der Waals surface area contributed by atoms with E-state index in [-0.39, 0.29) is 64.8 Å². The lowest BCUT2D eigenvalue weighted by Gasteiger charge is -2.35. The minimum Gasteiger partial charge on any atom is -0.481 e. The summed E-state index contributed by atoms with van der Waals surface area (Å²) in [5.74, 6) is -2.37. The maximum absolute atomic E-state index is 15.6. The number of rotatable bonds is 13. The number of halogens is 2. The number of carbonyl (C=O) groups excluding carboxylic acids is 2. The lowest BCUT2D eigenvalue weighted by molar-refractivity contribution is -0.144. The summed E-state index contributed by atoms with van der Waals surface area (Å²) in [5, 5.41) is 14.8. The van der Waals surface area contributed by atoms with Gasteiger partial charge in [-0.25, -0.2) is 4.39 Å². The Hall–Kier alpha value is -3.13. The average Bonchev–Trinajstić information content (AvgIpc) is 3.83. The van der Waals surface area contributed by atoms with E-state index in [4.69, 9.17) is 25.8 Å². The summed E-state index contributed by atoms with van der Waals surface area (Å²) < 4.78 is 34.1. The second-order valence-electron chi connectivity index (χ2n) is 13.7. The van der Waals surface area contributed by atoms with Gasteiger partial charge in [0.25, 0.3) is 5.91 Å². The van der Waals surface area contributed by atoms with Gasteiger partial charge in [0.1, 0.15) is 5.82 Å². The first kappa shape index (κ1) is 36.7. The molecule has 50 heavy (non-hydrogen) atoms. The number of nitrogens with zero attached hydrogens (tertiary/aromatic N) is 2. The van der Waals surface area contributed by atoms with E-state index in [0.717, 1.165) is 22.9 Å². The van der Waals surface area contributed by atoms with Gasteiger partial charge in [-0.1, -0.05) is 29.8 Å². The number of amides is 2. The van der Waals surface area contributed by atoms with Crippen molar-refractivity contribution in [3.63, 3.8) is 0 Å². The zero-order valence-electron chi connectivity index (χ0n) is 28.4. The van der Waals surface area contributed by atoms with E-state index >= 15 is 4.39 Å². The molecule has 0 bridgehead atoms. The Morgan fingerprint density at radius 2 is 1.68 bits per heavy atom. The molecule has 2 aromatic carbocycles. The van der Waals surface area contributed by atoms with Crippen molar-refractivity contribution >= 4 is 56.5 Å². The van der Waals surface area contributed by atoms with Gasteiger partial charge in [0, 0.05) is 54.4 Å². The summed E-state index contributed by atoms with van der Waals surface area (Å²) in [4.78, 5) is 42.8. The fourth-order valence-corrected chi connectivity index (χ4v) is 9.20. The van der Waals surface area contributed by atoms with Gasteiger partial charge in [-0.05, 0) is 68.7 Å². The molecule has 6 rings (SSSR count). The van der Waals surface area contributed by atoms with Gasteiger partial charge in [0.15, 0.2) is 0 Å². The molecule has 2 saturated heterocycles. The Morgan fingerprint density at radius 1 is 0.980 bits per heavy atom. The molecule has 3 aliphatic rings. The summed E-state index contributed by atoms with van der Waals surface area (Å²) in [6.07, 6.45) is 4.81. The van der Waals surface area contributed by atoms with Crippen LogP contribution in [-0.4, -0.2) is 104 Å². The summed E-state index contributed by atoms with van der Waals surface area (Å²) in [6.45, 7) is 1.92. The quantitative estimate of drug-likeness (QED) is 0.212. The third kappa shape index (κ3) is 8.16. The van der Waals surface area contributed by atoms with E-state index in [1.807, 2.05) is 29.2 Å². The molecule has 3 heterocycles. The molecular weight excluding hydrogens is 685 g/mol. The SMILES string of the molecule is COCC1CC[C@H](COC)N1[C@H]1C[C@@H](COC2CCC(C(=O)O)CC2)N(C(=O)Cc2cc(Cl)c(NC(=O)c3csc4ccccc34)cc2F)C1. The lowest BCUT2D eigenvalue weighted by Crippen LogP contribution is -2.49. The minimum absolute atomic E-state index is 0.0392. The smallest absolute Gasteiger partial charge is 0.306 e. The number of nitrogens with one attached hydrogen (secondary N) is 1. The highest BCUT2D eigenvalue weighted by Gasteiger charge is 2.45. The molecule has 0 radical (unpaired) electrons. The lowest BCUT2D eigenvalue weighted by atomic mass is 9.87. The molecule has 2 N–H and O–H groups in total. The van der Waals surface area contributed by atoms with Gasteiger partial charge < -0.3 is 29.5 Å². The van der Waals surface area contributed by atoms with Crippen molar-refractivity contribution in [1.82, 2.24) is 9.80 Å². The molecule has 3 aromatic rings. The van der Waals surface area contributed by atoms with Crippen molar-refractivity contribution in [3.05, 3.63) is 63.7 Å². The number of ether oxygens (including phenoxy) is 3. The Morgan fingerprint density at radius 3 is 2.36 bits per heavy atom. The molecule has 1 saturated carbocycles. The topological polar surface area (TPSA) is 118 Å². The Bertz CT molecular complexity index is 1670. The third-order valence-electron chi connectivity index (χ3n) is 10.5. The first-order valence-electron chi connectivity index (χ1n) is 17.3. The summed E-state index contributed by atoms with van der Waals surface area (Å²) >= 11 is 8.02. The summed E-state index contributed by atoms with van der Waals surface area (Å²) in [6, 6.07) is 10.3. The normalized spacial score (nSPS) is 25.7. The van der Waals surface area contributed by atoms with Gasteiger partial charge in [-0.15, -0.1) is 11.3 Å². The Kier molecular flexibility index (Phi) is 12.1. The van der Waals surface area contributed by atoms with Gasteiger partial charge in [0.2, 0.25) is 5.91 Å². The molecule has 1 aromatic heterocycles. The van der Waals surface area contributed by atoms with Gasteiger partial charge >= 0.3 is 5.97 Å². The van der Waals surface area contributed by atoms with Crippen molar-refractivity contribution < 1.29 is 38.1 Å². The second-order valence-corrected chi connectivity index (χ2v) is 15.0. The van der Waals surface area contributed by atoms with E-state index in [1.165, 1.54) is 23.5 Å². The standard InChI is InChI=1S/C37H45ClFN3O7S/c1-47-18-24-9-10-25(19-48-2)42(24)26-15-27(20-49-28-11-7-22(8-12-28)37(45)46)41(17-26)35(43)14-23-13-31(38)33(16-32(23)39)40-36(44)30-21-50-34-6-4-3-5-29(30)34/h3-6,13,16,21-22,24-28H,7-12,14-15,17-20H2,1-2H3,(H,40,44)(H,45,46)/t22?,24-,25?,26+,27+,28?/m1/s1. The zero-order valence-corrected chi connectivity index (χ0v) is 30.0. The van der Waals surface area contributed by atoms with Crippen LogP contribution in [0.25, 0.3) is 10.1 Å². The van der Waals surface area contributed by atoms with E-state index < -0.39 is 17.7 Å². The first-order chi connectivity index (χ1) is 24.2. The number of benzene rings is 2. The third-order valence-corrected chi connectivity index (χ3v) is 11.8. The van der Waals surface area contributed by atoms with Gasteiger partial charge in [0.05, 0.1) is 60.6 Å². The number of fused-ring (bicyclic) bond motifs is 1. The molecule has 270 valence electrons. The van der Waals surface area contributed by atoms with Crippen LogP contribution >= 0.6 is 22.9 Å². The molecule has 2 aliphatic heterocycles. The van der Waals surface area contributed by atoms with Crippen LogP contribution in [0.3, 0.4) is 0 Å². The maximum atomic E-state index is 15.6. The summed E-state index contributed by atoms with van der Waals surface area (Å²) in [5.41, 5.74) is 0.754. The largest absolute Gasteiger partial charge is 0.481 e.